The van der Waals surface area contributed by atoms with Gasteiger partial charge in [-0.2, -0.15) is 0 Å². The molecule has 1 fully saturated rings. The lowest BCUT2D eigenvalue weighted by Gasteiger charge is -2.44. The summed E-state index contributed by atoms with van der Waals surface area (Å²) in [6.45, 7) is 5.84. The van der Waals surface area contributed by atoms with Gasteiger partial charge < -0.3 is 21.1 Å². The van der Waals surface area contributed by atoms with Crippen molar-refractivity contribution in [1.82, 2.24) is 10.6 Å². The van der Waals surface area contributed by atoms with Crippen LogP contribution >= 0.6 is 0 Å². The van der Waals surface area contributed by atoms with Gasteiger partial charge in [-0.25, -0.2) is 0 Å². The van der Waals surface area contributed by atoms with Gasteiger partial charge in [0.25, 0.3) is 5.91 Å². The predicted molar refractivity (Wildman–Crippen MR) is 67.7 cm³/mol. The zero-order valence-corrected chi connectivity index (χ0v) is 11.4. The average molecular weight is 257 g/mol. The number of nitrogens with two attached hydrogens (primary N) is 1. The minimum absolute atomic E-state index is 0.124. The van der Waals surface area contributed by atoms with Gasteiger partial charge in [0, 0.05) is 20.5 Å². The predicted octanol–water partition coefficient (Wildman–Crippen LogP) is -0.765. The second-order valence-electron chi connectivity index (χ2n) is 4.89. The van der Waals surface area contributed by atoms with Crippen LogP contribution in [0.5, 0.6) is 0 Å². The third-order valence-electron chi connectivity index (χ3n) is 3.74. The van der Waals surface area contributed by atoms with E-state index >= 15 is 0 Å². The molecule has 2 amide bonds. The van der Waals surface area contributed by atoms with Crippen molar-refractivity contribution >= 4 is 11.8 Å². The van der Waals surface area contributed by atoms with E-state index in [4.69, 9.17) is 10.5 Å². The highest BCUT2D eigenvalue weighted by atomic mass is 16.5. The van der Waals surface area contributed by atoms with Crippen LogP contribution in [-0.4, -0.2) is 43.7 Å². The normalized spacial score (nSPS) is 35.9. The lowest BCUT2D eigenvalue weighted by Crippen LogP contribution is -2.62. The zero-order chi connectivity index (χ0) is 13.9. The van der Waals surface area contributed by atoms with Gasteiger partial charge in [0.2, 0.25) is 5.91 Å². The van der Waals surface area contributed by atoms with E-state index in [2.05, 4.69) is 10.6 Å². The fourth-order valence-corrected chi connectivity index (χ4v) is 2.42. The quantitative estimate of drug-likeness (QED) is 0.619. The van der Waals surface area contributed by atoms with Crippen LogP contribution < -0.4 is 16.4 Å². The fourth-order valence-electron chi connectivity index (χ4n) is 2.42. The molecule has 0 unspecified atom stereocenters. The maximum absolute atomic E-state index is 11.8. The Hall–Kier alpha value is -1.14. The third-order valence-corrected chi connectivity index (χ3v) is 3.74. The van der Waals surface area contributed by atoms with Crippen LogP contribution in [0.25, 0.3) is 0 Å². The molecule has 1 saturated heterocycles. The summed E-state index contributed by atoms with van der Waals surface area (Å²) in [7, 11) is 1.55. The number of hydrogen-bond donors (Lipinski definition) is 3. The van der Waals surface area contributed by atoms with E-state index in [-0.39, 0.29) is 35.8 Å². The first-order valence-electron chi connectivity index (χ1n) is 6.26. The standard InChI is InChI=1S/C12H23N3O3/c1-6-7(2)10(15-8(3)16)11(12(17)14-4)18-9(6)5-13/h6-7,9-11H,5,13H2,1-4H3,(H,14,17)(H,15,16)/t6-,7+,9+,10-,11+/m0/s1. The van der Waals surface area contributed by atoms with Crippen LogP contribution in [0.1, 0.15) is 20.8 Å². The minimum atomic E-state index is -0.682. The first kappa shape index (κ1) is 14.9. The Morgan fingerprint density at radius 1 is 1.28 bits per heavy atom. The molecule has 0 aliphatic carbocycles. The molecule has 5 atom stereocenters. The molecule has 0 aromatic carbocycles. The van der Waals surface area contributed by atoms with E-state index in [1.165, 1.54) is 6.92 Å². The first-order valence-corrected chi connectivity index (χ1v) is 6.26. The first-order chi connectivity index (χ1) is 8.42. The van der Waals surface area contributed by atoms with Crippen molar-refractivity contribution in [2.24, 2.45) is 17.6 Å². The van der Waals surface area contributed by atoms with Crippen LogP contribution in [0.4, 0.5) is 0 Å². The van der Waals surface area contributed by atoms with Crippen LogP contribution in [0.2, 0.25) is 0 Å². The second-order valence-corrected chi connectivity index (χ2v) is 4.89. The van der Waals surface area contributed by atoms with Gasteiger partial charge >= 0.3 is 0 Å². The largest absolute Gasteiger partial charge is 0.361 e. The molecule has 18 heavy (non-hydrogen) atoms. The van der Waals surface area contributed by atoms with E-state index in [0.29, 0.717) is 6.54 Å². The number of amides is 2. The van der Waals surface area contributed by atoms with E-state index in [1.807, 2.05) is 13.8 Å². The van der Waals surface area contributed by atoms with Crippen LogP contribution in [0.15, 0.2) is 0 Å². The number of likely N-dealkylation sites (N-methyl/N-ethyl adjacent to an activating group) is 1. The molecule has 0 spiro atoms. The molecule has 4 N–H and O–H groups in total. The number of nitrogens with one attached hydrogen (secondary N) is 2. The SMILES string of the molecule is CNC(=O)[C@@H]1O[C@H](CN)[C@@H](C)[C@@H](C)[C@@H]1NC(C)=O. The highest BCUT2D eigenvalue weighted by Gasteiger charge is 2.44. The maximum atomic E-state index is 11.8. The molecule has 6 heteroatoms. The topological polar surface area (TPSA) is 93.4 Å². The van der Waals surface area contributed by atoms with Crippen molar-refractivity contribution in [2.45, 2.75) is 39.0 Å². The monoisotopic (exact) mass is 257 g/mol. The Morgan fingerprint density at radius 2 is 1.89 bits per heavy atom. The van der Waals surface area contributed by atoms with Crippen molar-refractivity contribution < 1.29 is 14.3 Å². The minimum Gasteiger partial charge on any atom is -0.361 e. The molecule has 1 heterocycles. The van der Waals surface area contributed by atoms with Gasteiger partial charge in [-0.05, 0) is 11.8 Å². The molecular formula is C12H23N3O3. The van der Waals surface area contributed by atoms with E-state index < -0.39 is 6.10 Å². The Bertz CT molecular complexity index is 322. The number of rotatable bonds is 3. The fraction of sp³-hybridized carbons (Fsp3) is 0.833. The summed E-state index contributed by atoms with van der Waals surface area (Å²) >= 11 is 0. The highest BCUT2D eigenvalue weighted by Crippen LogP contribution is 2.30. The van der Waals surface area contributed by atoms with Gasteiger partial charge in [0.1, 0.15) is 0 Å². The van der Waals surface area contributed by atoms with Crippen molar-refractivity contribution in [3.63, 3.8) is 0 Å². The Kier molecular flexibility index (Phi) is 5.10. The summed E-state index contributed by atoms with van der Waals surface area (Å²) in [4.78, 5) is 23.1. The summed E-state index contributed by atoms with van der Waals surface area (Å²) in [5.74, 6) is -0.0834. The van der Waals surface area contributed by atoms with Gasteiger partial charge in [-0.1, -0.05) is 13.8 Å². The zero-order valence-electron chi connectivity index (χ0n) is 11.4. The lowest BCUT2D eigenvalue weighted by atomic mass is 9.79. The van der Waals surface area contributed by atoms with Gasteiger partial charge in [-0.3, -0.25) is 9.59 Å². The molecule has 1 aliphatic rings. The molecule has 1 aliphatic heterocycles. The smallest absolute Gasteiger partial charge is 0.251 e. The van der Waals surface area contributed by atoms with Crippen LogP contribution in [0.3, 0.4) is 0 Å². The molecule has 0 radical (unpaired) electrons. The van der Waals surface area contributed by atoms with Crippen LogP contribution in [0, 0.1) is 11.8 Å². The van der Waals surface area contributed by atoms with E-state index in [0.717, 1.165) is 0 Å². The molecule has 1 rings (SSSR count). The van der Waals surface area contributed by atoms with E-state index in [9.17, 15) is 9.59 Å². The summed E-state index contributed by atoms with van der Waals surface area (Å²) in [5, 5.41) is 5.37. The second kappa shape index (κ2) is 6.15. The van der Waals surface area contributed by atoms with Gasteiger partial charge in [0.05, 0.1) is 12.1 Å². The highest BCUT2D eigenvalue weighted by molar-refractivity contribution is 5.83. The average Bonchev–Trinajstić information content (AvgIpc) is 2.34. The van der Waals surface area contributed by atoms with E-state index in [1.54, 1.807) is 7.05 Å². The summed E-state index contributed by atoms with van der Waals surface area (Å²) in [5.41, 5.74) is 5.66. The molecular weight excluding hydrogens is 234 g/mol. The van der Waals surface area contributed by atoms with Crippen molar-refractivity contribution in [3.05, 3.63) is 0 Å². The number of carbonyl (C=O) groups is 2. The van der Waals surface area contributed by atoms with Gasteiger partial charge in [-0.15, -0.1) is 0 Å². The summed E-state index contributed by atoms with van der Waals surface area (Å²) in [6, 6.07) is -0.319. The number of carbonyl (C=O) groups excluding carboxylic acids is 2. The van der Waals surface area contributed by atoms with Crippen molar-refractivity contribution in [3.8, 4) is 0 Å². The molecule has 104 valence electrons. The Labute approximate surface area is 108 Å². The molecule has 0 saturated carbocycles. The third kappa shape index (κ3) is 3.00. The molecule has 0 aromatic rings. The Morgan fingerprint density at radius 3 is 2.33 bits per heavy atom. The molecule has 6 nitrogen and oxygen atoms in total. The lowest BCUT2D eigenvalue weighted by molar-refractivity contribution is -0.157. The van der Waals surface area contributed by atoms with Crippen molar-refractivity contribution in [2.75, 3.05) is 13.6 Å². The summed E-state index contributed by atoms with van der Waals surface area (Å²) in [6.07, 6.45) is -0.842. The van der Waals surface area contributed by atoms with Gasteiger partial charge in [0.15, 0.2) is 6.10 Å². The number of hydrogen-bond acceptors (Lipinski definition) is 4. The van der Waals surface area contributed by atoms with Crippen LogP contribution in [-0.2, 0) is 14.3 Å². The number of ether oxygens (including phenoxy) is 1. The Balaban J connectivity index is 2.93. The molecule has 0 bridgehead atoms. The maximum Gasteiger partial charge on any atom is 0.251 e. The molecule has 0 aromatic heterocycles. The van der Waals surface area contributed by atoms with Crippen molar-refractivity contribution in [1.29, 1.82) is 0 Å². The summed E-state index contributed by atoms with van der Waals surface area (Å²) < 4.78 is 5.73.